The fourth-order valence-corrected chi connectivity index (χ4v) is 4.86. The van der Waals surface area contributed by atoms with Crippen LogP contribution in [0.2, 0.25) is 0 Å². The number of benzene rings is 1. The zero-order valence-corrected chi connectivity index (χ0v) is 15.9. The van der Waals surface area contributed by atoms with Crippen LogP contribution in [-0.2, 0) is 16.3 Å². The monoisotopic (exact) mass is 376 g/mol. The van der Waals surface area contributed by atoms with Gasteiger partial charge in [0.15, 0.2) is 9.84 Å². The average molecular weight is 376 g/mol. The Morgan fingerprint density at radius 3 is 1.92 bits per heavy atom. The van der Waals surface area contributed by atoms with E-state index in [2.05, 4.69) is 0 Å². The lowest BCUT2D eigenvalue weighted by Crippen LogP contribution is -2.34. The molecule has 0 spiro atoms. The molecule has 1 aliphatic rings. The molecule has 142 valence electrons. The van der Waals surface area contributed by atoms with Gasteiger partial charge in [0.2, 0.25) is 0 Å². The zero-order chi connectivity index (χ0) is 18.8. The van der Waals surface area contributed by atoms with Crippen molar-refractivity contribution in [1.29, 1.82) is 0 Å². The number of sulfone groups is 1. The van der Waals surface area contributed by atoms with E-state index in [4.69, 9.17) is 0 Å². The Hall–Kier alpha value is -1.04. The second-order valence-corrected chi connectivity index (χ2v) is 11.0. The lowest BCUT2D eigenvalue weighted by Gasteiger charge is -2.30. The van der Waals surface area contributed by atoms with Gasteiger partial charge in [-0.1, -0.05) is 12.8 Å². The third kappa shape index (κ3) is 5.22. The van der Waals surface area contributed by atoms with Crippen LogP contribution >= 0.6 is 0 Å². The second kappa shape index (κ2) is 7.68. The molecule has 0 atom stereocenters. The molecule has 0 unspecified atom stereocenters. The molecule has 0 N–H and O–H groups in total. The molecular formula is C19H27F3O2S. The van der Waals surface area contributed by atoms with Crippen LogP contribution in [0.3, 0.4) is 0 Å². The van der Waals surface area contributed by atoms with Crippen LogP contribution in [0, 0.1) is 29.3 Å². The first kappa shape index (κ1) is 20.3. The van der Waals surface area contributed by atoms with Gasteiger partial charge in [0.05, 0.1) is 10.5 Å². The maximum Gasteiger partial charge on any atom is 0.155 e. The maximum absolute atomic E-state index is 13.7. The van der Waals surface area contributed by atoms with E-state index < -0.39 is 32.0 Å². The molecule has 2 rings (SSSR count). The lowest BCUT2D eigenvalue weighted by molar-refractivity contribution is 0.276. The summed E-state index contributed by atoms with van der Waals surface area (Å²) in [4.78, 5) is 0. The first-order valence-corrected chi connectivity index (χ1v) is 10.5. The van der Waals surface area contributed by atoms with E-state index in [9.17, 15) is 21.6 Å². The zero-order valence-electron chi connectivity index (χ0n) is 15.1. The van der Waals surface area contributed by atoms with Gasteiger partial charge in [-0.25, -0.2) is 21.6 Å². The van der Waals surface area contributed by atoms with Crippen LogP contribution in [0.15, 0.2) is 12.1 Å². The van der Waals surface area contributed by atoms with Crippen molar-refractivity contribution in [1.82, 2.24) is 0 Å². The number of rotatable bonds is 5. The Kier molecular flexibility index (Phi) is 6.23. The Morgan fingerprint density at radius 2 is 1.44 bits per heavy atom. The molecule has 25 heavy (non-hydrogen) atoms. The Morgan fingerprint density at radius 1 is 0.960 bits per heavy atom. The molecule has 0 amide bonds. The van der Waals surface area contributed by atoms with E-state index >= 15 is 0 Å². The van der Waals surface area contributed by atoms with Gasteiger partial charge >= 0.3 is 0 Å². The fourth-order valence-electron chi connectivity index (χ4n) is 3.41. The molecule has 2 nitrogen and oxygen atoms in total. The fraction of sp³-hybridized carbons (Fsp3) is 0.684. The third-order valence-electron chi connectivity index (χ3n) is 5.26. The summed E-state index contributed by atoms with van der Waals surface area (Å²) in [6, 6.07) is 1.43. The molecule has 1 saturated carbocycles. The molecule has 0 bridgehead atoms. The highest BCUT2D eigenvalue weighted by molar-refractivity contribution is 7.92. The maximum atomic E-state index is 13.7. The van der Waals surface area contributed by atoms with E-state index in [1.54, 1.807) is 20.8 Å². The highest BCUT2D eigenvalue weighted by atomic mass is 32.2. The van der Waals surface area contributed by atoms with Crippen molar-refractivity contribution in [2.24, 2.45) is 11.8 Å². The van der Waals surface area contributed by atoms with Gasteiger partial charge in [0, 0.05) is 17.7 Å². The van der Waals surface area contributed by atoms with Gasteiger partial charge in [-0.2, -0.15) is 0 Å². The van der Waals surface area contributed by atoms with Crippen LogP contribution in [-0.4, -0.2) is 18.9 Å². The Bertz CT molecular complexity index is 677. The predicted octanol–water partition coefficient (Wildman–Crippen LogP) is 5.06. The van der Waals surface area contributed by atoms with E-state index in [1.165, 1.54) is 0 Å². The minimum atomic E-state index is -3.12. The van der Waals surface area contributed by atoms with Crippen LogP contribution in [0.1, 0.15) is 58.4 Å². The SMILES string of the molecule is CC(C)(C)S(=O)(=O)CC1CCC(CCc2c(F)cc(F)cc2F)CC1. The van der Waals surface area contributed by atoms with Crippen LogP contribution in [0.4, 0.5) is 13.2 Å². The minimum Gasteiger partial charge on any atom is -0.228 e. The summed E-state index contributed by atoms with van der Waals surface area (Å²) in [5.74, 6) is -1.86. The molecule has 0 radical (unpaired) electrons. The van der Waals surface area contributed by atoms with Crippen LogP contribution in [0.25, 0.3) is 0 Å². The van der Waals surface area contributed by atoms with E-state index in [1.807, 2.05) is 0 Å². The second-order valence-electron chi connectivity index (χ2n) is 8.17. The van der Waals surface area contributed by atoms with E-state index in [0.29, 0.717) is 24.5 Å². The van der Waals surface area contributed by atoms with Crippen LogP contribution < -0.4 is 0 Å². The molecule has 1 aliphatic carbocycles. The summed E-state index contributed by atoms with van der Waals surface area (Å²) in [7, 11) is -3.12. The molecule has 0 aromatic heterocycles. The van der Waals surface area contributed by atoms with Crippen molar-refractivity contribution in [3.05, 3.63) is 35.1 Å². The topological polar surface area (TPSA) is 34.1 Å². The van der Waals surface area contributed by atoms with Crippen LogP contribution in [0.5, 0.6) is 0 Å². The summed E-state index contributed by atoms with van der Waals surface area (Å²) < 4.78 is 64.2. The number of halogens is 3. The highest BCUT2D eigenvalue weighted by Gasteiger charge is 2.33. The third-order valence-corrected chi connectivity index (χ3v) is 8.04. The molecule has 0 saturated heterocycles. The lowest BCUT2D eigenvalue weighted by atomic mass is 9.80. The van der Waals surface area contributed by atoms with Gasteiger partial charge in [-0.15, -0.1) is 0 Å². The summed E-state index contributed by atoms with van der Waals surface area (Å²) in [5, 5.41) is 0. The normalized spacial score (nSPS) is 22.2. The smallest absolute Gasteiger partial charge is 0.155 e. The average Bonchev–Trinajstić information content (AvgIpc) is 2.46. The van der Waals surface area contributed by atoms with Gasteiger partial charge in [0.25, 0.3) is 0 Å². The van der Waals surface area contributed by atoms with Crippen molar-refractivity contribution in [2.45, 2.75) is 64.0 Å². The van der Waals surface area contributed by atoms with E-state index in [-0.39, 0.29) is 23.7 Å². The van der Waals surface area contributed by atoms with Crippen molar-refractivity contribution >= 4 is 9.84 Å². The molecule has 1 aromatic rings. The van der Waals surface area contributed by atoms with Gasteiger partial charge in [-0.05, 0) is 58.3 Å². The summed E-state index contributed by atoms with van der Waals surface area (Å²) >= 11 is 0. The number of hydrogen-bond donors (Lipinski definition) is 0. The molecule has 1 aromatic carbocycles. The molecular weight excluding hydrogens is 349 g/mol. The molecule has 6 heteroatoms. The van der Waals surface area contributed by atoms with E-state index in [0.717, 1.165) is 25.7 Å². The summed E-state index contributed by atoms with van der Waals surface area (Å²) in [6.07, 6.45) is 4.28. The molecule has 1 fully saturated rings. The largest absolute Gasteiger partial charge is 0.228 e. The minimum absolute atomic E-state index is 0.0566. The summed E-state index contributed by atoms with van der Waals surface area (Å²) in [5.41, 5.74) is -0.0566. The van der Waals surface area contributed by atoms with Crippen molar-refractivity contribution in [3.8, 4) is 0 Å². The van der Waals surface area contributed by atoms with Crippen molar-refractivity contribution in [3.63, 3.8) is 0 Å². The Balaban J connectivity index is 1.86. The number of hydrogen-bond acceptors (Lipinski definition) is 2. The highest BCUT2D eigenvalue weighted by Crippen LogP contribution is 2.34. The standard InChI is InChI=1S/C19H27F3O2S/c1-19(2,3)25(23,24)12-14-6-4-13(5-7-14)8-9-16-17(21)10-15(20)11-18(16)22/h10-11,13-14H,4-9,12H2,1-3H3. The van der Waals surface area contributed by atoms with Gasteiger partial charge in [-0.3, -0.25) is 0 Å². The molecule has 0 aliphatic heterocycles. The molecule has 0 heterocycles. The quantitative estimate of drug-likeness (QED) is 0.720. The summed E-state index contributed by atoms with van der Waals surface area (Å²) in [6.45, 7) is 5.17. The van der Waals surface area contributed by atoms with Crippen molar-refractivity contribution in [2.75, 3.05) is 5.75 Å². The first-order valence-electron chi connectivity index (χ1n) is 8.85. The first-order chi connectivity index (χ1) is 11.5. The van der Waals surface area contributed by atoms with Gasteiger partial charge < -0.3 is 0 Å². The van der Waals surface area contributed by atoms with Gasteiger partial charge in [0.1, 0.15) is 17.5 Å². The predicted molar refractivity (Wildman–Crippen MR) is 93.6 cm³/mol. The Labute approximate surface area is 148 Å². The van der Waals surface area contributed by atoms with Crippen molar-refractivity contribution < 1.29 is 21.6 Å².